The van der Waals surface area contributed by atoms with Crippen molar-refractivity contribution < 1.29 is 15.1 Å². The number of hydrogen-bond donors (Lipinski definition) is 3. The van der Waals surface area contributed by atoms with Gasteiger partial charge in [-0.1, -0.05) is 0 Å². The minimum atomic E-state index is -0.536. The highest BCUT2D eigenvalue weighted by Crippen LogP contribution is 2.31. The molecule has 3 N–H and O–H groups in total. The van der Waals surface area contributed by atoms with Gasteiger partial charge in [-0.25, -0.2) is 0 Å². The van der Waals surface area contributed by atoms with Crippen LogP contribution < -0.4 is 5.32 Å². The van der Waals surface area contributed by atoms with E-state index < -0.39 is 4.92 Å². The minimum absolute atomic E-state index is 0.0129. The zero-order valence-corrected chi connectivity index (χ0v) is 8.23. The monoisotopic (exact) mass is 212 g/mol. The predicted molar refractivity (Wildman–Crippen MR) is 55.1 cm³/mol. The first-order chi connectivity index (χ1) is 7.06. The number of aromatic hydroxyl groups is 1. The van der Waals surface area contributed by atoms with Crippen molar-refractivity contribution in [3.8, 4) is 5.75 Å². The van der Waals surface area contributed by atoms with Gasteiger partial charge in [-0.15, -0.1) is 0 Å². The van der Waals surface area contributed by atoms with Crippen molar-refractivity contribution in [2.75, 3.05) is 18.5 Å². The number of phenols is 1. The molecule has 0 aromatic heterocycles. The molecule has 15 heavy (non-hydrogen) atoms. The second-order valence-corrected chi connectivity index (χ2v) is 3.06. The van der Waals surface area contributed by atoms with Gasteiger partial charge in [0.15, 0.2) is 0 Å². The Morgan fingerprint density at radius 3 is 2.73 bits per heavy atom. The maximum Gasteiger partial charge on any atom is 0.292 e. The molecule has 0 heterocycles. The molecular formula is C9H12N2O4. The smallest absolute Gasteiger partial charge is 0.292 e. The summed E-state index contributed by atoms with van der Waals surface area (Å²) in [5.41, 5.74) is 0.534. The molecule has 82 valence electrons. The van der Waals surface area contributed by atoms with Gasteiger partial charge in [0.1, 0.15) is 11.4 Å². The molecule has 0 aliphatic heterocycles. The summed E-state index contributed by atoms with van der Waals surface area (Å²) < 4.78 is 0. The van der Waals surface area contributed by atoms with Gasteiger partial charge in [-0.3, -0.25) is 10.1 Å². The van der Waals surface area contributed by atoms with Crippen molar-refractivity contribution in [2.24, 2.45) is 0 Å². The number of nitro groups is 1. The average molecular weight is 212 g/mol. The van der Waals surface area contributed by atoms with Crippen LogP contribution in [0.2, 0.25) is 0 Å². The van der Waals surface area contributed by atoms with Crippen LogP contribution in [-0.2, 0) is 0 Å². The number of aliphatic hydroxyl groups is 1. The van der Waals surface area contributed by atoms with Crippen molar-refractivity contribution in [3.63, 3.8) is 0 Å². The van der Waals surface area contributed by atoms with Gasteiger partial charge in [-0.2, -0.15) is 0 Å². The number of aryl methyl sites for hydroxylation is 1. The van der Waals surface area contributed by atoms with Gasteiger partial charge in [0, 0.05) is 18.7 Å². The topological polar surface area (TPSA) is 95.6 Å². The van der Waals surface area contributed by atoms with Gasteiger partial charge in [-0.05, 0) is 12.5 Å². The summed E-state index contributed by atoms with van der Waals surface area (Å²) in [6, 6.07) is 2.57. The lowest BCUT2D eigenvalue weighted by atomic mass is 10.1. The highest BCUT2D eigenvalue weighted by atomic mass is 16.6. The molecular weight excluding hydrogens is 200 g/mol. The van der Waals surface area contributed by atoms with Gasteiger partial charge in [0.2, 0.25) is 0 Å². The molecule has 1 aromatic rings. The number of rotatable bonds is 4. The Labute approximate surface area is 86.3 Å². The Kier molecular flexibility index (Phi) is 3.46. The lowest BCUT2D eigenvalue weighted by molar-refractivity contribution is -0.384. The Morgan fingerprint density at radius 2 is 2.20 bits per heavy atom. The zero-order valence-electron chi connectivity index (χ0n) is 8.23. The number of phenolic OH excluding ortho intramolecular Hbond substituents is 1. The SMILES string of the molecule is Cc1cc([N+](=O)[O-])c(NCCO)cc1O. The standard InChI is InChI=1S/C9H12N2O4/c1-6-4-8(11(14)15)7(5-9(6)13)10-2-3-12/h4-5,10,12-13H,2-3H2,1H3. The van der Waals surface area contributed by atoms with Crippen molar-refractivity contribution in [2.45, 2.75) is 6.92 Å². The summed E-state index contributed by atoms with van der Waals surface area (Å²) in [6.07, 6.45) is 0. The minimum Gasteiger partial charge on any atom is -0.508 e. The van der Waals surface area contributed by atoms with E-state index in [1.807, 2.05) is 0 Å². The quantitative estimate of drug-likeness (QED) is 0.511. The first-order valence-electron chi connectivity index (χ1n) is 4.39. The highest BCUT2D eigenvalue weighted by molar-refractivity contribution is 5.66. The van der Waals surface area contributed by atoms with E-state index >= 15 is 0 Å². The van der Waals surface area contributed by atoms with Gasteiger partial charge in [0.25, 0.3) is 5.69 Å². The van der Waals surface area contributed by atoms with Crippen molar-refractivity contribution in [3.05, 3.63) is 27.8 Å². The lowest BCUT2D eigenvalue weighted by Gasteiger charge is -2.07. The highest BCUT2D eigenvalue weighted by Gasteiger charge is 2.15. The maximum absolute atomic E-state index is 10.7. The predicted octanol–water partition coefficient (Wildman–Crippen LogP) is 1.01. The average Bonchev–Trinajstić information content (AvgIpc) is 2.19. The summed E-state index contributed by atoms with van der Waals surface area (Å²) in [4.78, 5) is 10.1. The van der Waals surface area contributed by atoms with E-state index in [1.165, 1.54) is 12.1 Å². The summed E-state index contributed by atoms with van der Waals surface area (Å²) in [5, 5.41) is 31.3. The van der Waals surface area contributed by atoms with E-state index in [0.717, 1.165) is 0 Å². The number of nitrogens with zero attached hydrogens (tertiary/aromatic N) is 1. The fourth-order valence-electron chi connectivity index (χ4n) is 1.16. The molecule has 0 spiro atoms. The van der Waals surface area contributed by atoms with Gasteiger partial charge in [0.05, 0.1) is 11.5 Å². The van der Waals surface area contributed by atoms with Crippen molar-refractivity contribution in [1.29, 1.82) is 0 Å². The molecule has 0 fully saturated rings. The van der Waals surface area contributed by atoms with E-state index in [2.05, 4.69) is 5.32 Å². The first kappa shape index (κ1) is 11.3. The van der Waals surface area contributed by atoms with Crippen LogP contribution in [0.25, 0.3) is 0 Å². The van der Waals surface area contributed by atoms with Gasteiger partial charge >= 0.3 is 0 Å². The number of aliphatic hydroxyl groups excluding tert-OH is 1. The molecule has 0 amide bonds. The number of anilines is 1. The molecule has 1 rings (SSSR count). The normalized spacial score (nSPS) is 10.0. The summed E-state index contributed by atoms with van der Waals surface area (Å²) in [5.74, 6) is -0.0129. The lowest BCUT2D eigenvalue weighted by Crippen LogP contribution is -2.07. The van der Waals surface area contributed by atoms with Crippen LogP contribution in [0, 0.1) is 17.0 Å². The molecule has 0 saturated carbocycles. The number of hydrogen-bond acceptors (Lipinski definition) is 5. The van der Waals surface area contributed by atoms with E-state index in [9.17, 15) is 15.2 Å². The fourth-order valence-corrected chi connectivity index (χ4v) is 1.16. The molecule has 0 aliphatic carbocycles. The van der Waals surface area contributed by atoms with E-state index in [1.54, 1.807) is 6.92 Å². The van der Waals surface area contributed by atoms with E-state index in [0.29, 0.717) is 5.56 Å². The third kappa shape index (κ3) is 2.57. The Bertz CT molecular complexity index is 379. The molecule has 0 aliphatic rings. The molecule has 0 unspecified atom stereocenters. The molecule has 6 heteroatoms. The Morgan fingerprint density at radius 1 is 1.53 bits per heavy atom. The fraction of sp³-hybridized carbons (Fsp3) is 0.333. The Hall–Kier alpha value is -1.82. The second-order valence-electron chi connectivity index (χ2n) is 3.06. The number of nitro benzene ring substituents is 1. The van der Waals surface area contributed by atoms with Crippen LogP contribution in [0.3, 0.4) is 0 Å². The van der Waals surface area contributed by atoms with Crippen LogP contribution in [0.1, 0.15) is 5.56 Å². The van der Waals surface area contributed by atoms with E-state index in [-0.39, 0.29) is 30.3 Å². The van der Waals surface area contributed by atoms with Crippen LogP contribution in [-0.4, -0.2) is 28.3 Å². The third-order valence-corrected chi connectivity index (χ3v) is 1.94. The van der Waals surface area contributed by atoms with Crippen molar-refractivity contribution >= 4 is 11.4 Å². The van der Waals surface area contributed by atoms with Crippen LogP contribution in [0.15, 0.2) is 12.1 Å². The van der Waals surface area contributed by atoms with Crippen molar-refractivity contribution in [1.82, 2.24) is 0 Å². The second kappa shape index (κ2) is 4.61. The first-order valence-corrected chi connectivity index (χ1v) is 4.39. The summed E-state index contributed by atoms with van der Waals surface area (Å²) in [7, 11) is 0. The molecule has 0 bridgehead atoms. The van der Waals surface area contributed by atoms with Crippen LogP contribution in [0.5, 0.6) is 5.75 Å². The molecule has 0 radical (unpaired) electrons. The molecule has 0 atom stereocenters. The maximum atomic E-state index is 10.7. The van der Waals surface area contributed by atoms with Gasteiger partial charge < -0.3 is 15.5 Å². The Balaban J connectivity index is 3.10. The number of benzene rings is 1. The molecule has 1 aromatic carbocycles. The largest absolute Gasteiger partial charge is 0.508 e. The van der Waals surface area contributed by atoms with E-state index in [4.69, 9.17) is 5.11 Å². The molecule has 0 saturated heterocycles. The third-order valence-electron chi connectivity index (χ3n) is 1.94. The van der Waals surface area contributed by atoms with Crippen LogP contribution in [0.4, 0.5) is 11.4 Å². The number of nitrogens with one attached hydrogen (secondary N) is 1. The summed E-state index contributed by atoms with van der Waals surface area (Å²) in [6.45, 7) is 1.65. The molecule has 6 nitrogen and oxygen atoms in total. The summed E-state index contributed by atoms with van der Waals surface area (Å²) >= 11 is 0. The zero-order chi connectivity index (χ0) is 11.4. The van der Waals surface area contributed by atoms with Crippen LogP contribution >= 0.6 is 0 Å².